The summed E-state index contributed by atoms with van der Waals surface area (Å²) in [6.07, 6.45) is 5.86. The molecule has 3 N–H and O–H groups in total. The molecule has 8 nitrogen and oxygen atoms in total. The number of carboxylic acids is 2. The van der Waals surface area contributed by atoms with Crippen molar-refractivity contribution < 1.29 is 53.0 Å². The van der Waals surface area contributed by atoms with Crippen LogP contribution in [0, 0.1) is 11.8 Å². The molecule has 0 rings (SSSR count). The van der Waals surface area contributed by atoms with Crippen molar-refractivity contribution in [1.29, 1.82) is 0 Å². The Kier molecular flexibility index (Phi) is 16.1. The Balaban J connectivity index is 0. The van der Waals surface area contributed by atoms with Crippen molar-refractivity contribution in [3.8, 4) is 0 Å². The fourth-order valence-corrected chi connectivity index (χ4v) is 3.10. The zero-order valence-electron chi connectivity index (χ0n) is 17.6. The van der Waals surface area contributed by atoms with Crippen LogP contribution in [0.2, 0.25) is 0 Å². The molecule has 3 atom stereocenters. The number of carboxylic acid groups (broad SMARTS) is 2. The van der Waals surface area contributed by atoms with Crippen LogP contribution >= 0.6 is 0 Å². The number of aliphatic carboxylic acids is 2. The quantitative estimate of drug-likeness (QED) is 0.153. The SMILES string of the molecule is CC/C=C/CCC(=O)NCC[N+](CCO)(CC(C)C(=O)[O-])CC(C)C(=O)O.[Li+]. The zero-order valence-corrected chi connectivity index (χ0v) is 17.6. The molecular formula is C19H34LiN2O6+. The van der Waals surface area contributed by atoms with Gasteiger partial charge >= 0.3 is 24.8 Å². The Morgan fingerprint density at radius 3 is 2.21 bits per heavy atom. The molecule has 0 bridgehead atoms. The predicted octanol–water partition coefficient (Wildman–Crippen LogP) is -3.23. The zero-order chi connectivity index (χ0) is 20.9. The van der Waals surface area contributed by atoms with Gasteiger partial charge in [-0.3, -0.25) is 9.59 Å². The van der Waals surface area contributed by atoms with Crippen LogP contribution in [0.1, 0.15) is 40.0 Å². The Bertz CT molecular complexity index is 491. The maximum Gasteiger partial charge on any atom is 1.00 e. The van der Waals surface area contributed by atoms with E-state index in [9.17, 15) is 29.7 Å². The van der Waals surface area contributed by atoms with Crippen molar-refractivity contribution in [3.63, 3.8) is 0 Å². The number of carbonyl (C=O) groups excluding carboxylic acids is 2. The molecule has 3 unspecified atom stereocenters. The van der Waals surface area contributed by atoms with E-state index in [2.05, 4.69) is 5.32 Å². The number of carbonyl (C=O) groups is 3. The third kappa shape index (κ3) is 12.2. The normalized spacial score (nSPS) is 15.3. The number of nitrogens with one attached hydrogen (secondary N) is 1. The van der Waals surface area contributed by atoms with E-state index in [-0.39, 0.29) is 62.0 Å². The summed E-state index contributed by atoms with van der Waals surface area (Å²) in [5, 5.41) is 32.7. The first-order valence-electron chi connectivity index (χ1n) is 9.48. The topological polar surface area (TPSA) is 127 Å². The fourth-order valence-electron chi connectivity index (χ4n) is 3.10. The number of rotatable bonds is 15. The van der Waals surface area contributed by atoms with Crippen LogP contribution in [0.15, 0.2) is 12.2 Å². The van der Waals surface area contributed by atoms with Crippen molar-refractivity contribution in [1.82, 2.24) is 5.32 Å². The second-order valence-electron chi connectivity index (χ2n) is 7.11. The van der Waals surface area contributed by atoms with Crippen LogP contribution in [0.3, 0.4) is 0 Å². The minimum Gasteiger partial charge on any atom is -0.550 e. The number of nitrogens with zero attached hydrogens (tertiary/aromatic N) is 1. The average molecular weight is 393 g/mol. The smallest absolute Gasteiger partial charge is 0.550 e. The summed E-state index contributed by atoms with van der Waals surface area (Å²) >= 11 is 0. The van der Waals surface area contributed by atoms with E-state index in [1.54, 1.807) is 6.92 Å². The van der Waals surface area contributed by atoms with E-state index in [1.165, 1.54) is 6.92 Å². The van der Waals surface area contributed by atoms with Gasteiger partial charge in [-0.1, -0.05) is 26.0 Å². The molecule has 0 aromatic carbocycles. The Morgan fingerprint density at radius 1 is 1.11 bits per heavy atom. The van der Waals surface area contributed by atoms with Crippen LogP contribution in [-0.4, -0.2) is 71.9 Å². The molecule has 0 aliphatic carbocycles. The molecule has 9 heteroatoms. The van der Waals surface area contributed by atoms with Crippen molar-refractivity contribution in [3.05, 3.63) is 12.2 Å². The van der Waals surface area contributed by atoms with Crippen molar-refractivity contribution in [2.24, 2.45) is 11.8 Å². The third-order valence-corrected chi connectivity index (χ3v) is 4.57. The Labute approximate surface area is 179 Å². The molecule has 0 aromatic rings. The minimum atomic E-state index is -1.22. The number of amides is 1. The van der Waals surface area contributed by atoms with Gasteiger partial charge in [0.15, 0.2) is 0 Å². The minimum absolute atomic E-state index is 0. The van der Waals surface area contributed by atoms with Crippen LogP contribution in [0.5, 0.6) is 0 Å². The molecular weight excluding hydrogens is 359 g/mol. The summed E-state index contributed by atoms with van der Waals surface area (Å²) in [6, 6.07) is 0. The molecule has 1 amide bonds. The van der Waals surface area contributed by atoms with Gasteiger partial charge in [0, 0.05) is 18.3 Å². The van der Waals surface area contributed by atoms with Crippen LogP contribution in [0.4, 0.5) is 0 Å². The van der Waals surface area contributed by atoms with Gasteiger partial charge in [-0.25, -0.2) is 0 Å². The standard InChI is InChI=1S/C19H34N2O6.Li/c1-4-5-6-7-8-17(23)20-9-10-21(11-12-22,13-15(2)18(24)25)14-16(3)19(26)27;/h5-6,15-16,22H,4,7-14H2,1-3H3,(H2-,20,23,24,25,26,27);/q;+1/b6-5+;. The van der Waals surface area contributed by atoms with E-state index in [0.717, 1.165) is 6.42 Å². The first kappa shape index (κ1) is 28.9. The van der Waals surface area contributed by atoms with Gasteiger partial charge in [-0.2, -0.15) is 0 Å². The van der Waals surface area contributed by atoms with Gasteiger partial charge in [-0.05, 0) is 19.8 Å². The Morgan fingerprint density at radius 2 is 1.71 bits per heavy atom. The fraction of sp³-hybridized carbons (Fsp3) is 0.737. The van der Waals surface area contributed by atoms with E-state index in [0.29, 0.717) is 19.4 Å². The summed E-state index contributed by atoms with van der Waals surface area (Å²) in [6.45, 7) is 6.00. The maximum absolute atomic E-state index is 11.9. The molecule has 0 saturated heterocycles. The molecule has 0 heterocycles. The maximum atomic E-state index is 11.9. The number of hydrogen-bond acceptors (Lipinski definition) is 5. The van der Waals surface area contributed by atoms with Gasteiger partial charge in [0.1, 0.15) is 12.5 Å². The molecule has 0 aliphatic heterocycles. The number of quaternary nitrogens is 1. The van der Waals surface area contributed by atoms with Crippen molar-refractivity contribution >= 4 is 17.8 Å². The molecule has 0 radical (unpaired) electrons. The monoisotopic (exact) mass is 393 g/mol. The van der Waals surface area contributed by atoms with Crippen molar-refractivity contribution in [2.75, 3.05) is 39.3 Å². The first-order chi connectivity index (χ1) is 12.7. The van der Waals surface area contributed by atoms with Gasteiger partial charge in [0.2, 0.25) is 5.91 Å². The van der Waals surface area contributed by atoms with E-state index >= 15 is 0 Å². The van der Waals surface area contributed by atoms with Gasteiger partial charge in [0.05, 0.1) is 32.8 Å². The molecule has 0 aromatic heterocycles. The Hall–Kier alpha value is -1.33. The molecule has 0 saturated carbocycles. The largest absolute Gasteiger partial charge is 1.00 e. The van der Waals surface area contributed by atoms with Crippen LogP contribution in [0.25, 0.3) is 0 Å². The van der Waals surface area contributed by atoms with Crippen LogP contribution in [-0.2, 0) is 14.4 Å². The molecule has 0 spiro atoms. The number of aliphatic hydroxyl groups is 1. The van der Waals surface area contributed by atoms with Gasteiger partial charge in [0.25, 0.3) is 0 Å². The number of aliphatic hydroxyl groups excluding tert-OH is 1. The number of allylic oxidation sites excluding steroid dienone is 2. The van der Waals surface area contributed by atoms with Gasteiger partial charge in [-0.15, -0.1) is 0 Å². The molecule has 0 aliphatic rings. The van der Waals surface area contributed by atoms with Crippen LogP contribution < -0.4 is 29.3 Å². The molecule has 156 valence electrons. The average Bonchev–Trinajstić information content (AvgIpc) is 2.58. The summed E-state index contributed by atoms with van der Waals surface area (Å²) in [5.74, 6) is -3.82. The summed E-state index contributed by atoms with van der Waals surface area (Å²) in [5.41, 5.74) is 0. The number of hydrogen-bond donors (Lipinski definition) is 3. The molecule has 28 heavy (non-hydrogen) atoms. The first-order valence-corrected chi connectivity index (χ1v) is 9.48. The van der Waals surface area contributed by atoms with Gasteiger partial charge < -0.3 is 29.9 Å². The third-order valence-electron chi connectivity index (χ3n) is 4.57. The summed E-state index contributed by atoms with van der Waals surface area (Å²) < 4.78 is 0.0924. The summed E-state index contributed by atoms with van der Waals surface area (Å²) in [7, 11) is 0. The summed E-state index contributed by atoms with van der Waals surface area (Å²) in [4.78, 5) is 34.4. The van der Waals surface area contributed by atoms with Crippen molar-refractivity contribution in [2.45, 2.75) is 40.0 Å². The van der Waals surface area contributed by atoms with E-state index in [1.807, 2.05) is 19.1 Å². The van der Waals surface area contributed by atoms with E-state index in [4.69, 9.17) is 0 Å². The molecule has 0 fully saturated rings. The second kappa shape index (κ2) is 15.6. The van der Waals surface area contributed by atoms with E-state index < -0.39 is 23.8 Å². The predicted molar refractivity (Wildman–Crippen MR) is 99.5 cm³/mol. The second-order valence-corrected chi connectivity index (χ2v) is 7.11.